The van der Waals surface area contributed by atoms with Crippen molar-refractivity contribution in [2.24, 2.45) is 0 Å². The van der Waals surface area contributed by atoms with E-state index in [1.165, 1.54) is 12.7 Å². The van der Waals surface area contributed by atoms with Gasteiger partial charge in [-0.15, -0.1) is 10.2 Å². The topological polar surface area (TPSA) is 72.6 Å². The highest BCUT2D eigenvalue weighted by Gasteiger charge is 2.24. The first-order valence-corrected chi connectivity index (χ1v) is 8.76. The molecule has 7 heteroatoms. The van der Waals surface area contributed by atoms with Gasteiger partial charge in [0.15, 0.2) is 0 Å². The molecule has 1 saturated heterocycles. The summed E-state index contributed by atoms with van der Waals surface area (Å²) < 4.78 is 6.58. The number of aryl methyl sites for hydroxylation is 1. The zero-order valence-electron chi connectivity index (χ0n) is 14.9. The van der Waals surface area contributed by atoms with Gasteiger partial charge in [-0.25, -0.2) is 4.79 Å². The molecule has 1 aliphatic heterocycles. The number of carbonyl (C=O) groups excluding carboxylic acids is 1. The summed E-state index contributed by atoms with van der Waals surface area (Å²) in [4.78, 5) is 14.2. The molecule has 4 rings (SSSR count). The summed E-state index contributed by atoms with van der Waals surface area (Å²) in [6, 6.07) is 9.82. The molecule has 2 aromatic heterocycles. The molecule has 1 unspecified atom stereocenters. The Morgan fingerprint density at radius 3 is 3.04 bits per heavy atom. The van der Waals surface area contributed by atoms with Crippen LogP contribution in [0.25, 0.3) is 5.65 Å². The Balaban J connectivity index is 1.64. The molecule has 1 fully saturated rings. The van der Waals surface area contributed by atoms with Gasteiger partial charge in [0.1, 0.15) is 6.33 Å². The molecule has 1 atom stereocenters. The minimum absolute atomic E-state index is 0.297. The second-order valence-corrected chi connectivity index (χ2v) is 6.67. The summed E-state index contributed by atoms with van der Waals surface area (Å²) in [5.74, 6) is 0.0549. The van der Waals surface area contributed by atoms with Gasteiger partial charge in [0.25, 0.3) is 0 Å². The van der Waals surface area contributed by atoms with Crippen LogP contribution in [0.2, 0.25) is 0 Å². The molecular weight excluding hydrogens is 330 g/mol. The van der Waals surface area contributed by atoms with Gasteiger partial charge >= 0.3 is 5.97 Å². The van der Waals surface area contributed by atoms with Crippen LogP contribution in [0.1, 0.15) is 40.4 Å². The number of nitrogens with zero attached hydrogens (tertiary/aromatic N) is 5. The molecule has 0 aliphatic carbocycles. The van der Waals surface area contributed by atoms with Crippen LogP contribution < -0.4 is 4.90 Å². The van der Waals surface area contributed by atoms with E-state index in [0.29, 0.717) is 11.5 Å². The lowest BCUT2D eigenvalue weighted by atomic mass is 9.89. The number of hydrogen-bond donors (Lipinski definition) is 0. The summed E-state index contributed by atoms with van der Waals surface area (Å²) in [7, 11) is 1.41. The molecule has 0 bridgehead atoms. The van der Waals surface area contributed by atoms with E-state index in [-0.39, 0.29) is 5.97 Å². The number of anilines is 1. The molecule has 1 aromatic carbocycles. The molecule has 0 saturated carbocycles. The zero-order valence-corrected chi connectivity index (χ0v) is 14.9. The summed E-state index contributed by atoms with van der Waals surface area (Å²) in [6.07, 6.45) is 3.80. The van der Waals surface area contributed by atoms with Crippen molar-refractivity contribution in [3.05, 3.63) is 53.5 Å². The van der Waals surface area contributed by atoms with Crippen LogP contribution >= 0.6 is 0 Å². The highest BCUT2D eigenvalue weighted by atomic mass is 16.5. The number of fused-ring (bicyclic) bond motifs is 1. The van der Waals surface area contributed by atoms with Gasteiger partial charge in [0.2, 0.25) is 5.65 Å². The molecule has 1 aliphatic rings. The lowest BCUT2D eigenvalue weighted by Gasteiger charge is -2.34. The predicted octanol–water partition coefficient (Wildman–Crippen LogP) is 2.60. The van der Waals surface area contributed by atoms with Gasteiger partial charge in [0.05, 0.1) is 24.1 Å². The highest BCUT2D eigenvalue weighted by Crippen LogP contribution is 2.32. The first kappa shape index (κ1) is 16.5. The summed E-state index contributed by atoms with van der Waals surface area (Å²) in [5, 5.41) is 12.6. The molecule has 3 aromatic rings. The van der Waals surface area contributed by atoms with Crippen molar-refractivity contribution < 1.29 is 9.53 Å². The molecule has 0 amide bonds. The molecule has 134 valence electrons. The smallest absolute Gasteiger partial charge is 0.337 e. The average molecular weight is 351 g/mol. The Morgan fingerprint density at radius 1 is 1.31 bits per heavy atom. The van der Waals surface area contributed by atoms with Crippen LogP contribution in [0.5, 0.6) is 0 Å². The first-order chi connectivity index (χ1) is 12.7. The second-order valence-electron chi connectivity index (χ2n) is 6.67. The van der Waals surface area contributed by atoms with Gasteiger partial charge in [-0.1, -0.05) is 12.1 Å². The van der Waals surface area contributed by atoms with Gasteiger partial charge < -0.3 is 9.64 Å². The lowest BCUT2D eigenvalue weighted by Crippen LogP contribution is -2.35. The number of hydrogen-bond acceptors (Lipinski definition) is 6. The third kappa shape index (κ3) is 3.00. The normalized spacial score (nSPS) is 17.5. The van der Waals surface area contributed by atoms with Crippen LogP contribution in [0.15, 0.2) is 36.7 Å². The molecule has 0 radical (unpaired) electrons. The van der Waals surface area contributed by atoms with Crippen molar-refractivity contribution in [2.75, 3.05) is 25.1 Å². The van der Waals surface area contributed by atoms with E-state index in [4.69, 9.17) is 4.74 Å². The molecule has 0 N–H and O–H groups in total. The highest BCUT2D eigenvalue weighted by molar-refractivity contribution is 5.89. The van der Waals surface area contributed by atoms with Crippen LogP contribution in [-0.2, 0) is 4.74 Å². The van der Waals surface area contributed by atoms with E-state index in [0.717, 1.165) is 43.0 Å². The summed E-state index contributed by atoms with van der Waals surface area (Å²) in [5.41, 5.74) is 4.54. The summed E-state index contributed by atoms with van der Waals surface area (Å²) >= 11 is 0. The number of piperidine rings is 1. The van der Waals surface area contributed by atoms with Crippen molar-refractivity contribution in [1.82, 2.24) is 19.8 Å². The van der Waals surface area contributed by atoms with Gasteiger partial charge in [-0.2, -0.15) is 9.61 Å². The molecular formula is C19H21N5O2. The van der Waals surface area contributed by atoms with Crippen LogP contribution in [-0.4, -0.2) is 46.0 Å². The fraction of sp³-hybridized carbons (Fsp3) is 0.368. The van der Waals surface area contributed by atoms with Crippen molar-refractivity contribution in [1.29, 1.82) is 0 Å². The maximum atomic E-state index is 11.8. The molecule has 0 spiro atoms. The number of benzene rings is 1. The van der Waals surface area contributed by atoms with E-state index in [1.807, 2.05) is 19.1 Å². The molecule has 26 heavy (non-hydrogen) atoms. The number of ether oxygens (including phenoxy) is 1. The van der Waals surface area contributed by atoms with Gasteiger partial charge in [-0.3, -0.25) is 0 Å². The van der Waals surface area contributed by atoms with Crippen LogP contribution in [0.4, 0.5) is 5.69 Å². The Morgan fingerprint density at radius 2 is 2.19 bits per heavy atom. The second kappa shape index (κ2) is 6.74. The first-order valence-electron chi connectivity index (χ1n) is 8.76. The van der Waals surface area contributed by atoms with Crippen LogP contribution in [0, 0.1) is 6.92 Å². The maximum Gasteiger partial charge on any atom is 0.337 e. The van der Waals surface area contributed by atoms with E-state index in [9.17, 15) is 4.79 Å². The van der Waals surface area contributed by atoms with E-state index < -0.39 is 0 Å². The average Bonchev–Trinajstić information content (AvgIpc) is 3.15. The Bertz CT molecular complexity index is 952. The zero-order chi connectivity index (χ0) is 18.1. The largest absolute Gasteiger partial charge is 0.465 e. The minimum atomic E-state index is -0.297. The number of aromatic nitrogens is 4. The van der Waals surface area contributed by atoms with Gasteiger partial charge in [0, 0.05) is 19.0 Å². The summed E-state index contributed by atoms with van der Waals surface area (Å²) in [6.45, 7) is 3.82. The Labute approximate surface area is 151 Å². The number of methoxy groups -OCH3 is 1. The van der Waals surface area contributed by atoms with Gasteiger partial charge in [-0.05, 0) is 43.5 Å². The van der Waals surface area contributed by atoms with E-state index in [2.05, 4.69) is 32.3 Å². The minimum Gasteiger partial charge on any atom is -0.465 e. The maximum absolute atomic E-state index is 11.8. The standard InChI is InChI=1S/C19H21N5O2/c1-13-9-17(18-21-20-12-24(18)22-13)23-8-4-7-16(11-23)14-5-3-6-15(10-14)19(25)26-2/h3,5-6,9-10,12,16H,4,7-8,11H2,1-2H3. The quantitative estimate of drug-likeness (QED) is 0.676. The number of esters is 1. The molecule has 3 heterocycles. The SMILES string of the molecule is COC(=O)c1cccc(C2CCCN(c3cc(C)nn4cnnc34)C2)c1. The van der Waals surface area contributed by atoms with E-state index in [1.54, 1.807) is 16.9 Å². The predicted molar refractivity (Wildman–Crippen MR) is 97.5 cm³/mol. The number of carbonyl (C=O) groups is 1. The van der Waals surface area contributed by atoms with E-state index >= 15 is 0 Å². The molecule has 7 nitrogen and oxygen atoms in total. The van der Waals surface area contributed by atoms with Crippen LogP contribution in [0.3, 0.4) is 0 Å². The lowest BCUT2D eigenvalue weighted by molar-refractivity contribution is 0.0600. The third-order valence-electron chi connectivity index (χ3n) is 4.91. The monoisotopic (exact) mass is 351 g/mol. The number of rotatable bonds is 3. The van der Waals surface area contributed by atoms with Crippen molar-refractivity contribution in [3.8, 4) is 0 Å². The third-order valence-corrected chi connectivity index (χ3v) is 4.91. The van der Waals surface area contributed by atoms with Crippen molar-refractivity contribution in [3.63, 3.8) is 0 Å². The Kier molecular flexibility index (Phi) is 4.28. The van der Waals surface area contributed by atoms with Crippen molar-refractivity contribution in [2.45, 2.75) is 25.7 Å². The fourth-order valence-corrected chi connectivity index (χ4v) is 3.67. The fourth-order valence-electron chi connectivity index (χ4n) is 3.67. The Hall–Kier alpha value is -2.96. The van der Waals surface area contributed by atoms with Crippen molar-refractivity contribution >= 4 is 17.3 Å².